The molecule has 0 bridgehead atoms. The van der Waals surface area contributed by atoms with E-state index in [0.717, 1.165) is 26.6 Å². The number of rotatable bonds is 5. The molecule has 0 fully saturated rings. The second-order valence-corrected chi connectivity index (χ2v) is 9.31. The number of hydrogen-bond acceptors (Lipinski definition) is 5. The summed E-state index contributed by atoms with van der Waals surface area (Å²) in [6, 6.07) is 19.6. The summed E-state index contributed by atoms with van der Waals surface area (Å²) in [4.78, 5) is 18.3. The molecule has 2 aromatic heterocycles. The number of imidazole rings is 1. The van der Waals surface area contributed by atoms with Crippen LogP contribution in [0.4, 0.5) is 0 Å². The highest BCUT2D eigenvalue weighted by molar-refractivity contribution is 9.10. The van der Waals surface area contributed by atoms with Crippen LogP contribution >= 0.6 is 27.3 Å². The second kappa shape index (κ2) is 8.41. The third-order valence-corrected chi connectivity index (χ3v) is 6.72. The third-order valence-electron chi connectivity index (χ3n) is 5.16. The van der Waals surface area contributed by atoms with Crippen molar-refractivity contribution in [3.05, 3.63) is 96.7 Å². The van der Waals surface area contributed by atoms with Gasteiger partial charge in [-0.1, -0.05) is 53.3 Å². The van der Waals surface area contributed by atoms with Gasteiger partial charge < -0.3 is 9.47 Å². The maximum Gasteiger partial charge on any atom is 0.274 e. The fourth-order valence-corrected chi connectivity index (χ4v) is 5.25. The number of methoxy groups -OCH3 is 1. The van der Waals surface area contributed by atoms with Crippen LogP contribution in [-0.4, -0.2) is 16.5 Å². The van der Waals surface area contributed by atoms with Crippen LogP contribution in [0.5, 0.6) is 11.5 Å². The van der Waals surface area contributed by atoms with Crippen LogP contribution in [0.25, 0.3) is 22.1 Å². The predicted octanol–water partition coefficient (Wildman–Crippen LogP) is 5.12. The maximum atomic E-state index is 13.0. The largest absolute Gasteiger partial charge is 0.493 e. The standard InChI is InChI=1S/C25H19BrN2O3S/c1-15-6-5-7-16(10-15)14-31-23-18(26)11-17(12-21(23)30-2)13-22-24(29)28-20-9-4-3-8-19(20)27-25(28)32-22/h3-13H,14H2,1-2H3. The average Bonchev–Trinajstić information content (AvgIpc) is 3.29. The molecule has 0 unspecified atom stereocenters. The molecule has 7 heteroatoms. The Hall–Kier alpha value is -3.16. The molecule has 5 rings (SSSR count). The summed E-state index contributed by atoms with van der Waals surface area (Å²) in [6.07, 6.45) is 1.86. The van der Waals surface area contributed by atoms with E-state index in [1.807, 2.05) is 54.6 Å². The molecule has 0 atom stereocenters. The summed E-state index contributed by atoms with van der Waals surface area (Å²) in [5.41, 5.74) is 4.67. The first-order valence-electron chi connectivity index (χ1n) is 10.0. The Labute approximate surface area is 196 Å². The van der Waals surface area contributed by atoms with Crippen LogP contribution in [0, 0.1) is 6.92 Å². The lowest BCUT2D eigenvalue weighted by Crippen LogP contribution is -2.22. The van der Waals surface area contributed by atoms with Crippen molar-refractivity contribution in [2.24, 2.45) is 0 Å². The molecule has 0 saturated carbocycles. The lowest BCUT2D eigenvalue weighted by Gasteiger charge is -2.14. The molecular weight excluding hydrogens is 488 g/mol. The van der Waals surface area contributed by atoms with Crippen LogP contribution in [0.2, 0.25) is 0 Å². The van der Waals surface area contributed by atoms with Crippen LogP contribution in [0.1, 0.15) is 16.7 Å². The number of thiazole rings is 1. The van der Waals surface area contributed by atoms with Crippen molar-refractivity contribution in [2.45, 2.75) is 13.5 Å². The number of nitrogens with zero attached hydrogens (tertiary/aromatic N) is 2. The molecule has 0 aliphatic carbocycles. The summed E-state index contributed by atoms with van der Waals surface area (Å²) >= 11 is 4.97. The zero-order valence-electron chi connectivity index (χ0n) is 17.5. The zero-order valence-corrected chi connectivity index (χ0v) is 19.9. The van der Waals surface area contributed by atoms with Crippen LogP contribution < -0.4 is 19.6 Å². The molecule has 0 amide bonds. The number of benzene rings is 3. The molecular formula is C25H19BrN2O3S. The van der Waals surface area contributed by atoms with E-state index in [0.29, 0.717) is 27.6 Å². The van der Waals surface area contributed by atoms with E-state index in [9.17, 15) is 4.79 Å². The molecule has 0 N–H and O–H groups in total. The van der Waals surface area contributed by atoms with Gasteiger partial charge in [-0.3, -0.25) is 4.79 Å². The Balaban J connectivity index is 1.52. The van der Waals surface area contributed by atoms with Gasteiger partial charge in [0.25, 0.3) is 5.56 Å². The average molecular weight is 507 g/mol. The van der Waals surface area contributed by atoms with Crippen molar-refractivity contribution >= 4 is 49.3 Å². The highest BCUT2D eigenvalue weighted by atomic mass is 79.9. The summed E-state index contributed by atoms with van der Waals surface area (Å²) in [5, 5.41) is 0. The van der Waals surface area contributed by atoms with Crippen molar-refractivity contribution in [2.75, 3.05) is 7.11 Å². The molecule has 5 aromatic rings. The molecule has 160 valence electrons. The van der Waals surface area contributed by atoms with Gasteiger partial charge >= 0.3 is 0 Å². The quantitative estimate of drug-likeness (QED) is 0.332. The highest BCUT2D eigenvalue weighted by Gasteiger charge is 2.14. The lowest BCUT2D eigenvalue weighted by atomic mass is 10.1. The highest BCUT2D eigenvalue weighted by Crippen LogP contribution is 2.37. The van der Waals surface area contributed by atoms with E-state index in [4.69, 9.17) is 9.47 Å². The van der Waals surface area contributed by atoms with Crippen LogP contribution in [-0.2, 0) is 6.61 Å². The van der Waals surface area contributed by atoms with Gasteiger partial charge in [-0.25, -0.2) is 9.38 Å². The number of hydrogen-bond donors (Lipinski definition) is 0. The minimum Gasteiger partial charge on any atom is -0.493 e. The number of halogens is 1. The SMILES string of the molecule is COc1cc(C=c2sc3nc4ccccc4n3c2=O)cc(Br)c1OCc1cccc(C)c1. The predicted molar refractivity (Wildman–Crippen MR) is 132 cm³/mol. The number of fused-ring (bicyclic) bond motifs is 3. The molecule has 0 spiro atoms. The van der Waals surface area contributed by atoms with Gasteiger partial charge in [-0.15, -0.1) is 0 Å². The Morgan fingerprint density at radius 2 is 1.97 bits per heavy atom. The van der Waals surface area contributed by atoms with Crippen molar-refractivity contribution in [1.29, 1.82) is 0 Å². The molecule has 3 aromatic carbocycles. The number of aromatic nitrogens is 2. The fraction of sp³-hybridized carbons (Fsp3) is 0.120. The van der Waals surface area contributed by atoms with Crippen molar-refractivity contribution in [1.82, 2.24) is 9.38 Å². The minimum absolute atomic E-state index is 0.0754. The molecule has 32 heavy (non-hydrogen) atoms. The number of para-hydroxylation sites is 2. The first-order valence-corrected chi connectivity index (χ1v) is 11.6. The normalized spacial score (nSPS) is 12.0. The topological polar surface area (TPSA) is 52.8 Å². The molecule has 0 saturated heterocycles. The number of aryl methyl sites for hydroxylation is 1. The van der Waals surface area contributed by atoms with Gasteiger partial charge in [0.2, 0.25) is 0 Å². The monoisotopic (exact) mass is 506 g/mol. The van der Waals surface area contributed by atoms with Gasteiger partial charge in [0.1, 0.15) is 6.61 Å². The zero-order chi connectivity index (χ0) is 22.2. The Morgan fingerprint density at radius 3 is 2.78 bits per heavy atom. The second-order valence-electron chi connectivity index (χ2n) is 7.45. The summed E-state index contributed by atoms with van der Waals surface area (Å²) in [6.45, 7) is 2.49. The van der Waals surface area contributed by atoms with E-state index >= 15 is 0 Å². The van der Waals surface area contributed by atoms with E-state index in [1.165, 1.54) is 16.9 Å². The first kappa shape index (κ1) is 20.7. The Kier molecular flexibility index (Phi) is 5.45. The maximum absolute atomic E-state index is 13.0. The Morgan fingerprint density at radius 1 is 1.12 bits per heavy atom. The van der Waals surface area contributed by atoms with Crippen molar-refractivity contribution in [3.63, 3.8) is 0 Å². The van der Waals surface area contributed by atoms with Gasteiger partial charge in [0.15, 0.2) is 16.5 Å². The Bertz CT molecular complexity index is 1570. The smallest absolute Gasteiger partial charge is 0.274 e. The van der Waals surface area contributed by atoms with Crippen molar-refractivity contribution in [3.8, 4) is 11.5 Å². The number of ether oxygens (including phenoxy) is 2. The summed E-state index contributed by atoms with van der Waals surface area (Å²) in [7, 11) is 1.61. The molecule has 0 radical (unpaired) electrons. The first-order chi connectivity index (χ1) is 15.5. The third kappa shape index (κ3) is 3.78. The van der Waals surface area contributed by atoms with Gasteiger partial charge in [0.05, 0.1) is 27.1 Å². The van der Waals surface area contributed by atoms with E-state index < -0.39 is 0 Å². The van der Waals surface area contributed by atoms with Gasteiger partial charge in [-0.05, 0) is 64.3 Å². The molecule has 5 nitrogen and oxygen atoms in total. The van der Waals surface area contributed by atoms with Gasteiger partial charge in [0, 0.05) is 0 Å². The summed E-state index contributed by atoms with van der Waals surface area (Å²) < 4.78 is 14.7. The molecule has 0 aliphatic heterocycles. The van der Waals surface area contributed by atoms with Crippen LogP contribution in [0.15, 0.2) is 69.9 Å². The lowest BCUT2D eigenvalue weighted by molar-refractivity contribution is 0.282. The fourth-order valence-electron chi connectivity index (χ4n) is 3.68. The van der Waals surface area contributed by atoms with Crippen molar-refractivity contribution < 1.29 is 9.47 Å². The van der Waals surface area contributed by atoms with Crippen LogP contribution in [0.3, 0.4) is 0 Å². The van der Waals surface area contributed by atoms with E-state index in [1.54, 1.807) is 11.5 Å². The van der Waals surface area contributed by atoms with E-state index in [-0.39, 0.29) is 5.56 Å². The molecule has 0 aliphatic rings. The minimum atomic E-state index is -0.0754. The summed E-state index contributed by atoms with van der Waals surface area (Å²) in [5.74, 6) is 1.22. The molecule has 2 heterocycles. The van der Waals surface area contributed by atoms with E-state index in [2.05, 4.69) is 40.0 Å². The van der Waals surface area contributed by atoms with Gasteiger partial charge in [-0.2, -0.15) is 0 Å².